The lowest BCUT2D eigenvalue weighted by molar-refractivity contribution is 0.0689. The highest BCUT2D eigenvalue weighted by atomic mass is 32.2. The molecule has 2 aromatic rings. The number of fused-ring (bicyclic) bond motifs is 3. The standard InChI is InChI=1S/C16H14F2N2O4S/c17-7-12-20-10-6-11(19-1-3-24-4-2-19)9(18)5-8(10)14(21)13(16(22)23)15(20)25-12/h5-6,12H,1-4,7H2,(H,22,23). The van der Waals surface area contributed by atoms with Gasteiger partial charge in [-0.2, -0.15) is 0 Å². The molecule has 1 saturated heterocycles. The van der Waals surface area contributed by atoms with Crippen molar-refractivity contribution in [1.82, 2.24) is 4.57 Å². The van der Waals surface area contributed by atoms with E-state index in [0.717, 1.165) is 17.8 Å². The average molecular weight is 368 g/mol. The highest BCUT2D eigenvalue weighted by molar-refractivity contribution is 8.00. The van der Waals surface area contributed by atoms with E-state index in [4.69, 9.17) is 4.74 Å². The number of hydrogen-bond donors (Lipinski definition) is 1. The Labute approximate surface area is 145 Å². The van der Waals surface area contributed by atoms with Crippen LogP contribution < -0.4 is 10.3 Å². The summed E-state index contributed by atoms with van der Waals surface area (Å²) in [4.78, 5) is 25.7. The number of carbonyl (C=O) groups is 1. The highest BCUT2D eigenvalue weighted by Crippen LogP contribution is 2.47. The molecule has 0 saturated carbocycles. The van der Waals surface area contributed by atoms with Crippen molar-refractivity contribution >= 4 is 34.3 Å². The number of hydrogen-bond acceptors (Lipinski definition) is 5. The van der Waals surface area contributed by atoms with Crippen LogP contribution in [0.1, 0.15) is 15.7 Å². The number of pyridine rings is 1. The quantitative estimate of drug-likeness (QED) is 0.896. The normalized spacial score (nSPS) is 19.6. The van der Waals surface area contributed by atoms with Crippen LogP contribution in [0.25, 0.3) is 10.9 Å². The molecule has 1 fully saturated rings. The number of aromatic carboxylic acids is 1. The van der Waals surface area contributed by atoms with E-state index in [1.807, 2.05) is 0 Å². The maximum absolute atomic E-state index is 14.6. The molecular formula is C16H14F2N2O4S. The van der Waals surface area contributed by atoms with Gasteiger partial charge >= 0.3 is 5.97 Å². The summed E-state index contributed by atoms with van der Waals surface area (Å²) in [6.07, 6.45) is 0. The van der Waals surface area contributed by atoms with Crippen molar-refractivity contribution in [2.24, 2.45) is 0 Å². The number of carboxylic acid groups (broad SMARTS) is 1. The lowest BCUT2D eigenvalue weighted by Gasteiger charge is -2.34. The van der Waals surface area contributed by atoms with Crippen molar-refractivity contribution < 1.29 is 23.4 Å². The van der Waals surface area contributed by atoms with E-state index in [0.29, 0.717) is 37.5 Å². The zero-order valence-corrected chi connectivity index (χ0v) is 13.8. The highest BCUT2D eigenvalue weighted by Gasteiger charge is 2.35. The fourth-order valence-electron chi connectivity index (χ4n) is 3.26. The Morgan fingerprint density at radius 3 is 2.72 bits per heavy atom. The first-order chi connectivity index (χ1) is 12.0. The van der Waals surface area contributed by atoms with Crippen molar-refractivity contribution in [3.8, 4) is 0 Å². The molecule has 2 aliphatic rings. The SMILES string of the molecule is O=C(O)c1c2n(c3cc(N4CCOCC4)c(F)cc3c1=O)C(CF)S2. The summed E-state index contributed by atoms with van der Waals surface area (Å²) in [5.74, 6) is -2.00. The summed E-state index contributed by atoms with van der Waals surface area (Å²) in [5.41, 5.74) is -0.511. The lowest BCUT2D eigenvalue weighted by Crippen LogP contribution is -2.37. The van der Waals surface area contributed by atoms with Crippen LogP contribution in [0.15, 0.2) is 22.0 Å². The van der Waals surface area contributed by atoms with Crippen LogP contribution in [0.4, 0.5) is 14.5 Å². The van der Waals surface area contributed by atoms with Gasteiger partial charge < -0.3 is 19.3 Å². The first kappa shape index (κ1) is 16.3. The Hall–Kier alpha value is -2.13. The lowest BCUT2D eigenvalue weighted by atomic mass is 10.1. The zero-order chi connectivity index (χ0) is 17.7. The summed E-state index contributed by atoms with van der Waals surface area (Å²) in [7, 11) is 0. The van der Waals surface area contributed by atoms with Gasteiger partial charge in [-0.1, -0.05) is 11.8 Å². The van der Waals surface area contributed by atoms with Crippen LogP contribution in [0.3, 0.4) is 0 Å². The number of ether oxygens (including phenoxy) is 1. The first-order valence-electron chi connectivity index (χ1n) is 7.73. The van der Waals surface area contributed by atoms with E-state index in [9.17, 15) is 23.5 Å². The largest absolute Gasteiger partial charge is 0.477 e. The van der Waals surface area contributed by atoms with E-state index in [1.165, 1.54) is 10.6 Å². The Morgan fingerprint density at radius 1 is 1.36 bits per heavy atom. The second-order valence-electron chi connectivity index (χ2n) is 5.83. The molecule has 0 radical (unpaired) electrons. The molecule has 1 aromatic heterocycles. The van der Waals surface area contributed by atoms with Crippen LogP contribution >= 0.6 is 11.8 Å². The monoisotopic (exact) mass is 368 g/mol. The maximum atomic E-state index is 14.6. The average Bonchev–Trinajstić information content (AvgIpc) is 2.58. The molecule has 0 aliphatic carbocycles. The molecule has 6 nitrogen and oxygen atoms in total. The van der Waals surface area contributed by atoms with Crippen molar-refractivity contribution in [2.75, 3.05) is 37.9 Å². The molecule has 0 spiro atoms. The zero-order valence-electron chi connectivity index (χ0n) is 13.0. The Kier molecular flexibility index (Phi) is 3.92. The fraction of sp³-hybridized carbons (Fsp3) is 0.375. The summed E-state index contributed by atoms with van der Waals surface area (Å²) < 4.78 is 34.6. The van der Waals surface area contributed by atoms with Gasteiger partial charge in [0, 0.05) is 18.5 Å². The molecule has 1 atom stereocenters. The number of carboxylic acids is 1. The van der Waals surface area contributed by atoms with Crippen LogP contribution in [0, 0.1) is 5.82 Å². The van der Waals surface area contributed by atoms with Gasteiger partial charge in [0.15, 0.2) is 0 Å². The molecule has 2 aliphatic heterocycles. The number of rotatable bonds is 3. The van der Waals surface area contributed by atoms with E-state index < -0.39 is 34.8 Å². The number of anilines is 1. The summed E-state index contributed by atoms with van der Waals surface area (Å²) >= 11 is 1.01. The van der Waals surface area contributed by atoms with Gasteiger partial charge in [-0.15, -0.1) is 0 Å². The third-order valence-electron chi connectivity index (χ3n) is 4.46. The predicted octanol–water partition coefficient (Wildman–Crippen LogP) is 2.25. The van der Waals surface area contributed by atoms with Crippen LogP contribution in [-0.4, -0.2) is 48.6 Å². The third kappa shape index (κ3) is 2.41. The van der Waals surface area contributed by atoms with Crippen molar-refractivity contribution in [1.29, 1.82) is 0 Å². The molecule has 9 heteroatoms. The number of benzene rings is 1. The van der Waals surface area contributed by atoms with Gasteiger partial charge in [0.05, 0.1) is 29.4 Å². The number of nitrogens with zero attached hydrogens (tertiary/aromatic N) is 2. The van der Waals surface area contributed by atoms with Gasteiger partial charge in [0.1, 0.15) is 23.4 Å². The Bertz CT molecular complexity index is 940. The summed E-state index contributed by atoms with van der Waals surface area (Å²) in [6.45, 7) is 1.24. The number of aromatic nitrogens is 1. The second kappa shape index (κ2) is 5.99. The second-order valence-corrected chi connectivity index (χ2v) is 7.00. The molecule has 0 bridgehead atoms. The van der Waals surface area contributed by atoms with E-state index in [1.54, 1.807) is 4.90 Å². The van der Waals surface area contributed by atoms with Gasteiger partial charge in [-0.25, -0.2) is 13.6 Å². The minimum absolute atomic E-state index is 0.0468. The molecule has 25 heavy (non-hydrogen) atoms. The maximum Gasteiger partial charge on any atom is 0.342 e. The fourth-order valence-corrected chi connectivity index (χ4v) is 4.38. The Balaban J connectivity index is 1.98. The predicted molar refractivity (Wildman–Crippen MR) is 89.0 cm³/mol. The van der Waals surface area contributed by atoms with Gasteiger partial charge in [0.25, 0.3) is 0 Å². The van der Waals surface area contributed by atoms with E-state index in [-0.39, 0.29) is 10.4 Å². The van der Waals surface area contributed by atoms with Crippen molar-refractivity contribution in [3.05, 3.63) is 33.7 Å². The minimum Gasteiger partial charge on any atom is -0.477 e. The Morgan fingerprint density at radius 2 is 2.08 bits per heavy atom. The first-order valence-corrected chi connectivity index (χ1v) is 8.61. The minimum atomic E-state index is -1.39. The number of morpholine rings is 1. The molecule has 1 unspecified atom stereocenters. The van der Waals surface area contributed by atoms with Gasteiger partial charge in [0.2, 0.25) is 5.43 Å². The molecule has 4 rings (SSSR count). The molecule has 1 N–H and O–H groups in total. The summed E-state index contributed by atoms with van der Waals surface area (Å²) in [6, 6.07) is 2.56. The number of halogens is 2. The molecule has 3 heterocycles. The molecule has 0 amide bonds. The van der Waals surface area contributed by atoms with Crippen molar-refractivity contribution in [3.63, 3.8) is 0 Å². The van der Waals surface area contributed by atoms with Crippen LogP contribution in [-0.2, 0) is 4.74 Å². The third-order valence-corrected chi connectivity index (χ3v) is 5.70. The van der Waals surface area contributed by atoms with E-state index in [2.05, 4.69) is 0 Å². The van der Waals surface area contributed by atoms with E-state index >= 15 is 0 Å². The molecular weight excluding hydrogens is 354 g/mol. The summed E-state index contributed by atoms with van der Waals surface area (Å²) in [5, 5.41) is 8.87. The van der Waals surface area contributed by atoms with Gasteiger partial charge in [-0.3, -0.25) is 4.79 Å². The van der Waals surface area contributed by atoms with Gasteiger partial charge in [-0.05, 0) is 12.1 Å². The number of alkyl halides is 1. The van der Waals surface area contributed by atoms with Crippen molar-refractivity contribution in [2.45, 2.75) is 10.4 Å². The number of thioether (sulfide) groups is 1. The van der Waals surface area contributed by atoms with Crippen LogP contribution in [0.2, 0.25) is 0 Å². The molecule has 1 aromatic carbocycles. The van der Waals surface area contributed by atoms with Crippen LogP contribution in [0.5, 0.6) is 0 Å². The topological polar surface area (TPSA) is 71.8 Å². The molecule has 132 valence electrons. The smallest absolute Gasteiger partial charge is 0.342 e.